The number of rotatable bonds is 4. The number of carbonyl (C=O) groups is 1. The Labute approximate surface area is 135 Å². The molecule has 1 aliphatic rings. The van der Waals surface area contributed by atoms with E-state index >= 15 is 0 Å². The highest BCUT2D eigenvalue weighted by Crippen LogP contribution is 2.24. The summed E-state index contributed by atoms with van der Waals surface area (Å²) in [5.74, 6) is 0.0133. The third kappa shape index (κ3) is 4.24. The topological polar surface area (TPSA) is 46.1 Å². The number of aryl methyl sites for hydroxylation is 1. The van der Waals surface area contributed by atoms with Gasteiger partial charge in [0, 0.05) is 30.3 Å². The average molecular weight is 365 g/mol. The van der Waals surface area contributed by atoms with Crippen molar-refractivity contribution >= 4 is 34.2 Å². The van der Waals surface area contributed by atoms with Crippen LogP contribution in [0.3, 0.4) is 0 Å². The molecule has 1 saturated heterocycles. The predicted octanol–water partition coefficient (Wildman–Crippen LogP) is 2.81. The summed E-state index contributed by atoms with van der Waals surface area (Å²) in [4.78, 5) is 12.2. The Kier molecular flexibility index (Phi) is 6.55. The van der Waals surface area contributed by atoms with E-state index in [0.717, 1.165) is 36.3 Å². The molecule has 6 heteroatoms. The van der Waals surface area contributed by atoms with Crippen LogP contribution in [0.5, 0.6) is 0 Å². The van der Waals surface area contributed by atoms with Crippen LogP contribution in [-0.2, 0) is 6.54 Å². The lowest BCUT2D eigenvalue weighted by atomic mass is 9.83. The quantitative estimate of drug-likeness (QED) is 0.863. The zero-order chi connectivity index (χ0) is 13.9. The molecule has 1 unspecified atom stereocenters. The van der Waals surface area contributed by atoms with E-state index in [-0.39, 0.29) is 23.7 Å². The maximum absolute atomic E-state index is 12.2. The normalized spacial score (nSPS) is 22.1. The van der Waals surface area contributed by atoms with Gasteiger partial charge in [0.2, 0.25) is 0 Å². The molecule has 1 aromatic rings. The van der Waals surface area contributed by atoms with Gasteiger partial charge >= 0.3 is 0 Å². The lowest BCUT2D eigenvalue weighted by Crippen LogP contribution is -2.45. The van der Waals surface area contributed by atoms with Gasteiger partial charge in [-0.3, -0.25) is 4.79 Å². The average Bonchev–Trinajstić information content (AvgIpc) is 2.78. The number of nitrogens with zero attached hydrogens (tertiary/aromatic N) is 1. The second-order valence-corrected chi connectivity index (χ2v) is 6.52. The Morgan fingerprint density at radius 2 is 2.35 bits per heavy atom. The molecular weight excluding hydrogens is 342 g/mol. The van der Waals surface area contributed by atoms with E-state index in [2.05, 4.69) is 33.5 Å². The van der Waals surface area contributed by atoms with Crippen LogP contribution in [0, 0.1) is 5.41 Å². The highest BCUT2D eigenvalue weighted by Gasteiger charge is 2.27. The first-order valence-electron chi connectivity index (χ1n) is 6.89. The van der Waals surface area contributed by atoms with Crippen LogP contribution in [0.2, 0.25) is 0 Å². The fourth-order valence-electron chi connectivity index (χ4n) is 2.58. The number of amides is 1. The molecule has 0 aliphatic carbocycles. The molecule has 2 rings (SSSR count). The molecule has 2 heterocycles. The highest BCUT2D eigenvalue weighted by molar-refractivity contribution is 9.10. The van der Waals surface area contributed by atoms with Crippen molar-refractivity contribution < 1.29 is 4.79 Å². The molecule has 0 radical (unpaired) electrons. The minimum atomic E-state index is 0. The molecule has 4 nitrogen and oxygen atoms in total. The van der Waals surface area contributed by atoms with Crippen LogP contribution in [-0.4, -0.2) is 30.1 Å². The van der Waals surface area contributed by atoms with E-state index in [0.29, 0.717) is 0 Å². The summed E-state index contributed by atoms with van der Waals surface area (Å²) in [7, 11) is 0. The summed E-state index contributed by atoms with van der Waals surface area (Å²) < 4.78 is 2.91. The van der Waals surface area contributed by atoms with Gasteiger partial charge in [0.15, 0.2) is 0 Å². The summed E-state index contributed by atoms with van der Waals surface area (Å²) in [5.41, 5.74) is 0.899. The fraction of sp³-hybridized carbons (Fsp3) is 0.643. The first-order chi connectivity index (χ1) is 9.04. The third-order valence-electron chi connectivity index (χ3n) is 3.80. The minimum Gasteiger partial charge on any atom is -0.350 e. The van der Waals surface area contributed by atoms with Gasteiger partial charge in [-0.2, -0.15) is 0 Å². The molecular formula is C14H23BrClN3O. The van der Waals surface area contributed by atoms with E-state index in [9.17, 15) is 4.79 Å². The Morgan fingerprint density at radius 3 is 2.95 bits per heavy atom. The molecule has 1 aromatic heterocycles. The van der Waals surface area contributed by atoms with Crippen LogP contribution >= 0.6 is 28.3 Å². The zero-order valence-corrected chi connectivity index (χ0v) is 14.4. The van der Waals surface area contributed by atoms with Gasteiger partial charge < -0.3 is 15.2 Å². The Bertz CT molecular complexity index is 455. The largest absolute Gasteiger partial charge is 0.350 e. The highest BCUT2D eigenvalue weighted by atomic mass is 79.9. The lowest BCUT2D eigenvalue weighted by molar-refractivity contribution is 0.0915. The van der Waals surface area contributed by atoms with Crippen LogP contribution in [0.25, 0.3) is 0 Å². The van der Waals surface area contributed by atoms with Crippen molar-refractivity contribution in [3.8, 4) is 0 Å². The van der Waals surface area contributed by atoms with Crippen LogP contribution in [0.1, 0.15) is 37.2 Å². The standard InChI is InChI=1S/C14H22BrN3O.ClH/c1-3-18-8-11(15)7-12(18)13(19)17-10-14(2)5-4-6-16-9-14;/h7-8,16H,3-6,9-10H2,1-2H3,(H,17,19);1H. The van der Waals surface area contributed by atoms with Crippen molar-refractivity contribution in [2.24, 2.45) is 5.41 Å². The molecule has 1 atom stereocenters. The monoisotopic (exact) mass is 363 g/mol. The number of hydrogen-bond acceptors (Lipinski definition) is 2. The van der Waals surface area contributed by atoms with E-state index in [4.69, 9.17) is 0 Å². The minimum absolute atomic E-state index is 0. The van der Waals surface area contributed by atoms with Crippen LogP contribution < -0.4 is 10.6 Å². The smallest absolute Gasteiger partial charge is 0.267 e. The number of halogens is 2. The molecule has 2 N–H and O–H groups in total. The molecule has 0 aromatic carbocycles. The van der Waals surface area contributed by atoms with Gasteiger partial charge in [-0.05, 0) is 53.7 Å². The summed E-state index contributed by atoms with van der Waals surface area (Å²) in [6.07, 6.45) is 4.29. The summed E-state index contributed by atoms with van der Waals surface area (Å²) >= 11 is 3.42. The molecule has 20 heavy (non-hydrogen) atoms. The van der Waals surface area contributed by atoms with Crippen LogP contribution in [0.4, 0.5) is 0 Å². The molecule has 1 fully saturated rings. The van der Waals surface area contributed by atoms with Crippen molar-refractivity contribution in [2.45, 2.75) is 33.2 Å². The van der Waals surface area contributed by atoms with Gasteiger partial charge in [-0.25, -0.2) is 0 Å². The Balaban J connectivity index is 0.00000200. The number of carbonyl (C=O) groups excluding carboxylic acids is 1. The van der Waals surface area contributed by atoms with Crippen molar-refractivity contribution in [3.63, 3.8) is 0 Å². The SMILES string of the molecule is CCn1cc(Br)cc1C(=O)NCC1(C)CCCNC1.Cl. The fourth-order valence-corrected chi connectivity index (χ4v) is 3.04. The maximum Gasteiger partial charge on any atom is 0.267 e. The molecule has 0 spiro atoms. The molecule has 1 aliphatic heterocycles. The van der Waals surface area contributed by atoms with E-state index in [1.807, 2.05) is 23.8 Å². The van der Waals surface area contributed by atoms with Crippen molar-refractivity contribution in [1.82, 2.24) is 15.2 Å². The van der Waals surface area contributed by atoms with Crippen molar-refractivity contribution in [2.75, 3.05) is 19.6 Å². The van der Waals surface area contributed by atoms with Crippen LogP contribution in [0.15, 0.2) is 16.7 Å². The summed E-state index contributed by atoms with van der Waals surface area (Å²) in [6, 6.07) is 1.88. The molecule has 114 valence electrons. The first kappa shape index (κ1) is 17.5. The third-order valence-corrected chi connectivity index (χ3v) is 4.23. The van der Waals surface area contributed by atoms with Gasteiger partial charge in [-0.15, -0.1) is 12.4 Å². The van der Waals surface area contributed by atoms with Gasteiger partial charge in [0.25, 0.3) is 5.91 Å². The Hall–Kier alpha value is -0.520. The predicted molar refractivity (Wildman–Crippen MR) is 87.6 cm³/mol. The number of piperidine rings is 1. The number of nitrogens with one attached hydrogen (secondary N) is 2. The second kappa shape index (κ2) is 7.48. The summed E-state index contributed by atoms with van der Waals surface area (Å²) in [5, 5.41) is 6.48. The van der Waals surface area contributed by atoms with E-state index in [1.165, 1.54) is 12.8 Å². The second-order valence-electron chi connectivity index (χ2n) is 5.60. The summed E-state index contributed by atoms with van der Waals surface area (Å²) in [6.45, 7) is 7.86. The van der Waals surface area contributed by atoms with Crippen molar-refractivity contribution in [1.29, 1.82) is 0 Å². The Morgan fingerprint density at radius 1 is 1.60 bits per heavy atom. The lowest BCUT2D eigenvalue weighted by Gasteiger charge is -2.34. The van der Waals surface area contributed by atoms with E-state index < -0.39 is 0 Å². The number of hydrogen-bond donors (Lipinski definition) is 2. The zero-order valence-electron chi connectivity index (χ0n) is 12.0. The first-order valence-corrected chi connectivity index (χ1v) is 7.68. The molecule has 0 saturated carbocycles. The van der Waals surface area contributed by atoms with Gasteiger partial charge in [0.1, 0.15) is 5.69 Å². The van der Waals surface area contributed by atoms with Gasteiger partial charge in [0.05, 0.1) is 0 Å². The molecule has 1 amide bonds. The van der Waals surface area contributed by atoms with Gasteiger partial charge in [-0.1, -0.05) is 6.92 Å². The maximum atomic E-state index is 12.2. The number of aromatic nitrogens is 1. The molecule has 0 bridgehead atoms. The van der Waals surface area contributed by atoms with E-state index in [1.54, 1.807) is 0 Å². The van der Waals surface area contributed by atoms with Crippen molar-refractivity contribution in [3.05, 3.63) is 22.4 Å².